The van der Waals surface area contributed by atoms with E-state index in [1.165, 1.54) is 30.5 Å². The van der Waals surface area contributed by atoms with E-state index in [1.54, 1.807) is 32.4 Å². The van der Waals surface area contributed by atoms with Crippen LogP contribution in [0.5, 0.6) is 17.2 Å². The molecule has 2 aromatic carbocycles. The summed E-state index contributed by atoms with van der Waals surface area (Å²) in [5, 5.41) is 2.66. The standard InChI is InChI=1S/C23H26N2O7S/c1-29-21-10-5-17(14-22(21)30-2)11-12-25-33(27,28)20-8-6-18(7-9-20)32-16-23(26)24-15-19-4-3-13-31-19/h3-10,13-14,25H,11-12,15-16H2,1-2H3,(H,24,26). The van der Waals surface area contributed by atoms with Gasteiger partial charge in [0, 0.05) is 6.54 Å². The number of sulfonamides is 1. The molecule has 0 bridgehead atoms. The summed E-state index contributed by atoms with van der Waals surface area (Å²) in [4.78, 5) is 12.0. The van der Waals surface area contributed by atoms with Crippen LogP contribution in [0.2, 0.25) is 0 Å². The van der Waals surface area contributed by atoms with Crippen LogP contribution in [0, 0.1) is 0 Å². The zero-order valence-corrected chi connectivity index (χ0v) is 19.2. The molecule has 0 aliphatic rings. The van der Waals surface area contributed by atoms with Crippen LogP contribution in [0.4, 0.5) is 0 Å². The number of carbonyl (C=O) groups excluding carboxylic acids is 1. The molecule has 10 heteroatoms. The lowest BCUT2D eigenvalue weighted by Crippen LogP contribution is -2.28. The van der Waals surface area contributed by atoms with E-state index in [0.717, 1.165) is 5.56 Å². The molecular formula is C23H26N2O7S. The molecule has 1 amide bonds. The zero-order chi connectivity index (χ0) is 23.7. The Hall–Kier alpha value is -3.50. The first-order chi connectivity index (χ1) is 15.9. The first-order valence-corrected chi connectivity index (χ1v) is 11.6. The topological polar surface area (TPSA) is 116 Å². The van der Waals surface area contributed by atoms with Gasteiger partial charge in [0.2, 0.25) is 10.0 Å². The van der Waals surface area contributed by atoms with E-state index in [4.69, 9.17) is 18.6 Å². The van der Waals surface area contributed by atoms with Gasteiger partial charge in [0.15, 0.2) is 18.1 Å². The third-order valence-corrected chi connectivity index (χ3v) is 6.17. The summed E-state index contributed by atoms with van der Waals surface area (Å²) in [6.07, 6.45) is 2.01. The average molecular weight is 475 g/mol. The van der Waals surface area contributed by atoms with Crippen molar-refractivity contribution in [3.05, 3.63) is 72.2 Å². The molecule has 1 aromatic heterocycles. The first kappa shape index (κ1) is 24.1. The Bertz CT molecular complexity index is 1140. The second-order valence-electron chi connectivity index (χ2n) is 6.95. The van der Waals surface area contributed by atoms with Gasteiger partial charge in [-0.2, -0.15) is 0 Å². The molecule has 0 saturated carbocycles. The molecule has 0 saturated heterocycles. The van der Waals surface area contributed by atoms with Crippen LogP contribution in [0.15, 0.2) is 70.2 Å². The molecule has 3 rings (SSSR count). The normalized spacial score (nSPS) is 11.1. The molecule has 0 aliphatic heterocycles. The van der Waals surface area contributed by atoms with Crippen molar-refractivity contribution in [1.29, 1.82) is 0 Å². The first-order valence-electron chi connectivity index (χ1n) is 10.1. The average Bonchev–Trinajstić information content (AvgIpc) is 3.35. The van der Waals surface area contributed by atoms with Gasteiger partial charge in [-0.3, -0.25) is 4.79 Å². The minimum atomic E-state index is -3.69. The Morgan fingerprint density at radius 1 is 1.00 bits per heavy atom. The van der Waals surface area contributed by atoms with Crippen LogP contribution < -0.4 is 24.2 Å². The molecular weight excluding hydrogens is 448 g/mol. The number of rotatable bonds is 12. The highest BCUT2D eigenvalue weighted by molar-refractivity contribution is 7.89. The van der Waals surface area contributed by atoms with Gasteiger partial charge in [-0.1, -0.05) is 6.07 Å². The van der Waals surface area contributed by atoms with Crippen molar-refractivity contribution in [2.24, 2.45) is 0 Å². The number of methoxy groups -OCH3 is 2. The smallest absolute Gasteiger partial charge is 0.258 e. The molecule has 0 atom stereocenters. The third kappa shape index (κ3) is 6.99. The summed E-state index contributed by atoms with van der Waals surface area (Å²) in [6, 6.07) is 14.8. The lowest BCUT2D eigenvalue weighted by Gasteiger charge is -2.11. The van der Waals surface area contributed by atoms with E-state index >= 15 is 0 Å². The van der Waals surface area contributed by atoms with Crippen LogP contribution >= 0.6 is 0 Å². The number of benzene rings is 2. The number of hydrogen-bond donors (Lipinski definition) is 2. The van der Waals surface area contributed by atoms with Gasteiger partial charge in [-0.25, -0.2) is 13.1 Å². The number of nitrogens with one attached hydrogen (secondary N) is 2. The Balaban J connectivity index is 1.47. The van der Waals surface area contributed by atoms with E-state index in [0.29, 0.717) is 29.4 Å². The van der Waals surface area contributed by atoms with Gasteiger partial charge in [-0.15, -0.1) is 0 Å². The monoisotopic (exact) mass is 474 g/mol. The number of hydrogen-bond acceptors (Lipinski definition) is 7. The van der Waals surface area contributed by atoms with Gasteiger partial charge in [0.05, 0.1) is 31.9 Å². The Kier molecular flexibility index (Phi) is 8.34. The van der Waals surface area contributed by atoms with Crippen LogP contribution in [0.3, 0.4) is 0 Å². The number of carbonyl (C=O) groups is 1. The van der Waals surface area contributed by atoms with Crippen molar-refractivity contribution in [2.45, 2.75) is 17.9 Å². The fourth-order valence-corrected chi connectivity index (χ4v) is 3.99. The largest absolute Gasteiger partial charge is 0.493 e. The van der Waals surface area contributed by atoms with Crippen molar-refractivity contribution in [2.75, 3.05) is 27.4 Å². The lowest BCUT2D eigenvalue weighted by atomic mass is 10.1. The molecule has 33 heavy (non-hydrogen) atoms. The van der Waals surface area contributed by atoms with Gasteiger partial charge >= 0.3 is 0 Å². The predicted octanol–water partition coefficient (Wildman–Crippen LogP) is 2.51. The molecule has 3 aromatic rings. The second kappa shape index (κ2) is 11.4. The zero-order valence-electron chi connectivity index (χ0n) is 18.4. The maximum atomic E-state index is 12.6. The molecule has 0 fully saturated rings. The van der Waals surface area contributed by atoms with Gasteiger partial charge in [0.1, 0.15) is 11.5 Å². The Labute approximate surface area is 192 Å². The fourth-order valence-electron chi connectivity index (χ4n) is 2.96. The summed E-state index contributed by atoms with van der Waals surface area (Å²) in [7, 11) is -0.590. The molecule has 9 nitrogen and oxygen atoms in total. The fraction of sp³-hybridized carbons (Fsp3) is 0.261. The Morgan fingerprint density at radius 2 is 1.76 bits per heavy atom. The molecule has 0 radical (unpaired) electrons. The SMILES string of the molecule is COc1ccc(CCNS(=O)(=O)c2ccc(OCC(=O)NCc3ccco3)cc2)cc1OC. The van der Waals surface area contributed by atoms with Gasteiger partial charge < -0.3 is 23.9 Å². The summed E-state index contributed by atoms with van der Waals surface area (Å²) in [5.41, 5.74) is 0.907. The minimum Gasteiger partial charge on any atom is -0.493 e. The van der Waals surface area contributed by atoms with Crippen molar-refractivity contribution in [3.63, 3.8) is 0 Å². The summed E-state index contributed by atoms with van der Waals surface area (Å²) in [5.74, 6) is 1.89. The minimum absolute atomic E-state index is 0.101. The highest BCUT2D eigenvalue weighted by atomic mass is 32.2. The maximum absolute atomic E-state index is 12.6. The highest BCUT2D eigenvalue weighted by Gasteiger charge is 2.14. The molecule has 1 heterocycles. The van der Waals surface area contributed by atoms with Crippen molar-refractivity contribution in [3.8, 4) is 17.2 Å². The predicted molar refractivity (Wildman–Crippen MR) is 121 cm³/mol. The quantitative estimate of drug-likeness (QED) is 0.414. The van der Waals surface area contributed by atoms with E-state index in [-0.39, 0.29) is 30.5 Å². The number of furan rings is 1. The number of amides is 1. The van der Waals surface area contributed by atoms with Gasteiger partial charge in [0.25, 0.3) is 5.91 Å². The Morgan fingerprint density at radius 3 is 2.42 bits per heavy atom. The second-order valence-corrected chi connectivity index (χ2v) is 8.72. The summed E-state index contributed by atoms with van der Waals surface area (Å²) in [6.45, 7) is 0.281. The van der Waals surface area contributed by atoms with Crippen LogP contribution in [-0.4, -0.2) is 41.7 Å². The molecule has 2 N–H and O–H groups in total. The lowest BCUT2D eigenvalue weighted by molar-refractivity contribution is -0.123. The van der Waals surface area contributed by atoms with Crippen molar-refractivity contribution in [1.82, 2.24) is 10.0 Å². The highest BCUT2D eigenvalue weighted by Crippen LogP contribution is 2.27. The van der Waals surface area contributed by atoms with Crippen LogP contribution in [-0.2, 0) is 27.8 Å². The summed E-state index contributed by atoms with van der Waals surface area (Å²) >= 11 is 0. The van der Waals surface area contributed by atoms with Crippen LogP contribution in [0.1, 0.15) is 11.3 Å². The number of ether oxygens (including phenoxy) is 3. The van der Waals surface area contributed by atoms with E-state index < -0.39 is 10.0 Å². The molecule has 176 valence electrons. The molecule has 0 spiro atoms. The molecule has 0 aliphatic carbocycles. The maximum Gasteiger partial charge on any atom is 0.258 e. The van der Waals surface area contributed by atoms with E-state index in [9.17, 15) is 13.2 Å². The van der Waals surface area contributed by atoms with E-state index in [2.05, 4.69) is 10.0 Å². The van der Waals surface area contributed by atoms with Crippen molar-refractivity contribution < 1.29 is 31.8 Å². The van der Waals surface area contributed by atoms with Crippen molar-refractivity contribution >= 4 is 15.9 Å². The van der Waals surface area contributed by atoms with Gasteiger partial charge in [-0.05, 0) is 60.5 Å². The van der Waals surface area contributed by atoms with E-state index in [1.807, 2.05) is 12.1 Å². The van der Waals surface area contributed by atoms with Crippen LogP contribution in [0.25, 0.3) is 0 Å². The molecule has 0 unspecified atom stereocenters. The summed E-state index contributed by atoms with van der Waals surface area (Å²) < 4.78 is 48.7. The third-order valence-electron chi connectivity index (χ3n) is 4.70.